The largest absolute Gasteiger partial charge is 0.340 e. The number of rotatable bonds is 2. The maximum absolute atomic E-state index is 11.8. The Morgan fingerprint density at radius 3 is 2.38 bits per heavy atom. The van der Waals surface area contributed by atoms with Crippen molar-refractivity contribution in [1.29, 1.82) is 0 Å². The summed E-state index contributed by atoms with van der Waals surface area (Å²) in [6.45, 7) is 2.44. The molecule has 3 amide bonds. The molecule has 2 heterocycles. The predicted octanol–water partition coefficient (Wildman–Crippen LogP) is -0.265. The molecular weight excluding hydrogens is 232 g/mol. The number of imide groups is 1. The van der Waals surface area contributed by atoms with Crippen LogP contribution in [0, 0.1) is 11.8 Å². The van der Waals surface area contributed by atoms with Crippen molar-refractivity contribution in [2.75, 3.05) is 13.1 Å². The predicted molar refractivity (Wildman–Crippen MR) is 56.6 cm³/mol. The highest BCUT2D eigenvalue weighted by atomic mass is 35.5. The van der Waals surface area contributed by atoms with Crippen LogP contribution in [0.1, 0.15) is 13.3 Å². The van der Waals surface area contributed by atoms with Crippen molar-refractivity contribution in [3.63, 3.8) is 0 Å². The number of nitrogens with one attached hydrogen (secondary N) is 1. The summed E-state index contributed by atoms with van der Waals surface area (Å²) in [5.74, 6) is -1.48. The first kappa shape index (κ1) is 11.4. The van der Waals surface area contributed by atoms with E-state index in [-0.39, 0.29) is 29.6 Å². The summed E-state index contributed by atoms with van der Waals surface area (Å²) >= 11 is 5.85. The van der Waals surface area contributed by atoms with Gasteiger partial charge in [0.15, 0.2) is 0 Å². The van der Waals surface area contributed by atoms with Crippen LogP contribution < -0.4 is 5.32 Å². The Morgan fingerprint density at radius 2 is 1.94 bits per heavy atom. The maximum Gasteiger partial charge on any atom is 0.240 e. The topological polar surface area (TPSA) is 66.5 Å². The van der Waals surface area contributed by atoms with Gasteiger partial charge in [-0.2, -0.15) is 0 Å². The normalized spacial score (nSPS) is 30.2. The lowest BCUT2D eigenvalue weighted by atomic mass is 10.00. The van der Waals surface area contributed by atoms with Crippen molar-refractivity contribution in [2.24, 2.45) is 11.8 Å². The SMILES string of the molecule is CCC(Cl)C(=O)N1CC2C(=O)NC(=O)C2C1. The Hall–Kier alpha value is -1.10. The van der Waals surface area contributed by atoms with Crippen molar-refractivity contribution >= 4 is 29.3 Å². The Balaban J connectivity index is 2.06. The van der Waals surface area contributed by atoms with Crippen LogP contribution in [-0.2, 0) is 14.4 Å². The maximum atomic E-state index is 11.8. The molecule has 0 aromatic rings. The second-order valence-corrected chi connectivity index (χ2v) is 4.71. The minimum absolute atomic E-state index is 0.181. The summed E-state index contributed by atoms with van der Waals surface area (Å²) in [6, 6.07) is 0. The van der Waals surface area contributed by atoms with E-state index in [0.717, 1.165) is 0 Å². The molecule has 0 saturated carbocycles. The zero-order valence-electron chi connectivity index (χ0n) is 8.90. The number of nitrogens with zero attached hydrogens (tertiary/aromatic N) is 1. The Morgan fingerprint density at radius 1 is 1.44 bits per heavy atom. The monoisotopic (exact) mass is 244 g/mol. The lowest BCUT2D eigenvalue weighted by Crippen LogP contribution is -2.38. The first-order chi connectivity index (χ1) is 7.54. The van der Waals surface area contributed by atoms with Crippen molar-refractivity contribution < 1.29 is 14.4 Å². The molecule has 2 saturated heterocycles. The Kier molecular flexibility index (Phi) is 2.88. The number of likely N-dealkylation sites (tertiary alicyclic amines) is 1. The van der Waals surface area contributed by atoms with Gasteiger partial charge in [0.05, 0.1) is 11.8 Å². The number of hydrogen-bond donors (Lipinski definition) is 1. The fraction of sp³-hybridized carbons (Fsp3) is 0.700. The minimum Gasteiger partial charge on any atom is -0.340 e. The number of amides is 3. The molecular formula is C10H13ClN2O3. The molecule has 0 aromatic heterocycles. The van der Waals surface area contributed by atoms with Gasteiger partial charge in [0.2, 0.25) is 17.7 Å². The van der Waals surface area contributed by atoms with E-state index in [1.165, 1.54) is 4.90 Å². The molecule has 88 valence electrons. The number of carbonyl (C=O) groups is 3. The number of hydrogen-bond acceptors (Lipinski definition) is 3. The van der Waals surface area contributed by atoms with Gasteiger partial charge < -0.3 is 4.90 Å². The second-order valence-electron chi connectivity index (χ2n) is 4.19. The second kappa shape index (κ2) is 4.05. The van der Waals surface area contributed by atoms with Crippen LogP contribution in [0.3, 0.4) is 0 Å². The average molecular weight is 245 g/mol. The molecule has 0 spiro atoms. The van der Waals surface area contributed by atoms with Gasteiger partial charge in [0.1, 0.15) is 5.38 Å². The van der Waals surface area contributed by atoms with Crippen LogP contribution in [0.5, 0.6) is 0 Å². The molecule has 16 heavy (non-hydrogen) atoms. The van der Waals surface area contributed by atoms with E-state index in [4.69, 9.17) is 11.6 Å². The summed E-state index contributed by atoms with van der Waals surface area (Å²) in [7, 11) is 0. The van der Waals surface area contributed by atoms with E-state index in [2.05, 4.69) is 5.32 Å². The van der Waals surface area contributed by atoms with Crippen LogP contribution in [0.4, 0.5) is 0 Å². The van der Waals surface area contributed by atoms with Crippen molar-refractivity contribution in [3.05, 3.63) is 0 Å². The summed E-state index contributed by atoms with van der Waals surface area (Å²) in [4.78, 5) is 36.0. The zero-order valence-corrected chi connectivity index (χ0v) is 9.66. The van der Waals surface area contributed by atoms with Crippen LogP contribution in [0.2, 0.25) is 0 Å². The molecule has 0 radical (unpaired) electrons. The van der Waals surface area contributed by atoms with Crippen molar-refractivity contribution in [2.45, 2.75) is 18.7 Å². The van der Waals surface area contributed by atoms with E-state index >= 15 is 0 Å². The van der Waals surface area contributed by atoms with E-state index < -0.39 is 5.38 Å². The molecule has 2 rings (SSSR count). The first-order valence-corrected chi connectivity index (χ1v) is 5.75. The third-order valence-electron chi connectivity index (χ3n) is 3.18. The van der Waals surface area contributed by atoms with Crippen LogP contribution in [0.25, 0.3) is 0 Å². The highest BCUT2D eigenvalue weighted by Gasteiger charge is 2.49. The summed E-state index contributed by atoms with van der Waals surface area (Å²) in [5.41, 5.74) is 0. The van der Waals surface area contributed by atoms with Crippen LogP contribution in [-0.4, -0.2) is 41.1 Å². The summed E-state index contributed by atoms with van der Waals surface area (Å²) in [5, 5.41) is 1.71. The summed E-state index contributed by atoms with van der Waals surface area (Å²) < 4.78 is 0. The highest BCUT2D eigenvalue weighted by Crippen LogP contribution is 2.29. The van der Waals surface area contributed by atoms with Crippen LogP contribution >= 0.6 is 11.6 Å². The Bertz CT molecular complexity index is 336. The molecule has 3 unspecified atom stereocenters. The molecule has 2 aliphatic rings. The number of alkyl halides is 1. The van der Waals surface area contributed by atoms with Gasteiger partial charge in [-0.1, -0.05) is 6.92 Å². The molecule has 2 aliphatic heterocycles. The van der Waals surface area contributed by atoms with E-state index in [1.807, 2.05) is 6.92 Å². The standard InChI is InChI=1S/C10H13ClN2O3/c1-2-7(11)10(16)13-3-5-6(4-13)9(15)12-8(5)14/h5-7H,2-4H2,1H3,(H,12,14,15). The van der Waals surface area contributed by atoms with E-state index in [9.17, 15) is 14.4 Å². The highest BCUT2D eigenvalue weighted by molar-refractivity contribution is 6.30. The van der Waals surface area contributed by atoms with Gasteiger partial charge >= 0.3 is 0 Å². The third-order valence-corrected chi connectivity index (χ3v) is 3.67. The van der Waals surface area contributed by atoms with E-state index in [0.29, 0.717) is 19.5 Å². The van der Waals surface area contributed by atoms with Gasteiger partial charge in [-0.05, 0) is 6.42 Å². The smallest absolute Gasteiger partial charge is 0.240 e. The zero-order chi connectivity index (χ0) is 11.9. The molecule has 2 fully saturated rings. The van der Waals surface area contributed by atoms with Crippen molar-refractivity contribution in [1.82, 2.24) is 10.2 Å². The molecule has 6 heteroatoms. The van der Waals surface area contributed by atoms with E-state index in [1.54, 1.807) is 0 Å². The van der Waals surface area contributed by atoms with Gasteiger partial charge in [-0.3, -0.25) is 19.7 Å². The van der Waals surface area contributed by atoms with Gasteiger partial charge in [-0.15, -0.1) is 11.6 Å². The Labute approximate surface area is 98.1 Å². The van der Waals surface area contributed by atoms with Crippen molar-refractivity contribution in [3.8, 4) is 0 Å². The third kappa shape index (κ3) is 1.69. The number of fused-ring (bicyclic) bond motifs is 1. The average Bonchev–Trinajstić information content (AvgIpc) is 2.80. The first-order valence-electron chi connectivity index (χ1n) is 5.32. The molecule has 5 nitrogen and oxygen atoms in total. The van der Waals surface area contributed by atoms with Crippen LogP contribution in [0.15, 0.2) is 0 Å². The van der Waals surface area contributed by atoms with Gasteiger partial charge in [-0.25, -0.2) is 0 Å². The fourth-order valence-electron chi connectivity index (χ4n) is 2.19. The fourth-order valence-corrected chi connectivity index (χ4v) is 2.33. The molecule has 3 atom stereocenters. The van der Waals surface area contributed by atoms with Gasteiger partial charge in [0.25, 0.3) is 0 Å². The lowest BCUT2D eigenvalue weighted by molar-refractivity contribution is -0.131. The minimum atomic E-state index is -0.558. The van der Waals surface area contributed by atoms with Gasteiger partial charge in [0, 0.05) is 13.1 Å². The molecule has 0 bridgehead atoms. The quantitative estimate of drug-likeness (QED) is 0.537. The number of carbonyl (C=O) groups excluding carboxylic acids is 3. The summed E-state index contributed by atoms with van der Waals surface area (Å²) in [6.07, 6.45) is 0.548. The number of halogens is 1. The molecule has 1 N–H and O–H groups in total. The molecule has 0 aliphatic carbocycles. The lowest BCUT2D eigenvalue weighted by Gasteiger charge is -2.19. The molecule has 0 aromatic carbocycles.